The summed E-state index contributed by atoms with van der Waals surface area (Å²) in [7, 11) is 0. The van der Waals surface area contributed by atoms with E-state index in [2.05, 4.69) is 29.4 Å². The molecule has 0 aliphatic heterocycles. The largest absolute Gasteiger partial charge is 0.316 e. The summed E-state index contributed by atoms with van der Waals surface area (Å²) in [5, 5.41) is 3.65. The van der Waals surface area contributed by atoms with Crippen LogP contribution in [0.3, 0.4) is 0 Å². The van der Waals surface area contributed by atoms with Crippen molar-refractivity contribution >= 4 is 0 Å². The molecule has 0 atom stereocenters. The van der Waals surface area contributed by atoms with Gasteiger partial charge in [0.15, 0.2) is 0 Å². The lowest BCUT2D eigenvalue weighted by molar-refractivity contribution is 0.347. The molecule has 1 aliphatic rings. The first-order chi connectivity index (χ1) is 8.87. The summed E-state index contributed by atoms with van der Waals surface area (Å²) in [6.07, 6.45) is 13.3. The highest BCUT2D eigenvalue weighted by Crippen LogP contribution is 2.37. The molecule has 100 valence electrons. The fourth-order valence-corrected chi connectivity index (χ4v) is 3.18. The second-order valence-corrected chi connectivity index (χ2v) is 5.61. The SMILES string of the molecule is CCCNCC1(c2ccncc2)CCCCCC1. The highest BCUT2D eigenvalue weighted by Gasteiger charge is 2.32. The van der Waals surface area contributed by atoms with E-state index in [1.54, 1.807) is 0 Å². The van der Waals surface area contributed by atoms with Gasteiger partial charge in [-0.15, -0.1) is 0 Å². The Morgan fingerprint density at radius 3 is 2.39 bits per heavy atom. The summed E-state index contributed by atoms with van der Waals surface area (Å²) < 4.78 is 0. The Morgan fingerprint density at radius 2 is 1.78 bits per heavy atom. The van der Waals surface area contributed by atoms with Crippen LogP contribution in [0.4, 0.5) is 0 Å². The summed E-state index contributed by atoms with van der Waals surface area (Å²) in [5.41, 5.74) is 1.84. The monoisotopic (exact) mass is 246 g/mol. The van der Waals surface area contributed by atoms with Gasteiger partial charge in [0.1, 0.15) is 0 Å². The van der Waals surface area contributed by atoms with Gasteiger partial charge in [-0.05, 0) is 43.5 Å². The number of nitrogens with zero attached hydrogens (tertiary/aromatic N) is 1. The van der Waals surface area contributed by atoms with Crippen molar-refractivity contribution in [3.63, 3.8) is 0 Å². The maximum Gasteiger partial charge on any atom is 0.0270 e. The highest BCUT2D eigenvalue weighted by molar-refractivity contribution is 5.24. The molecule has 2 rings (SSSR count). The van der Waals surface area contributed by atoms with E-state index in [1.165, 1.54) is 50.5 Å². The molecule has 0 bridgehead atoms. The zero-order chi connectivity index (χ0) is 12.7. The van der Waals surface area contributed by atoms with Crippen molar-refractivity contribution < 1.29 is 0 Å². The van der Waals surface area contributed by atoms with Gasteiger partial charge < -0.3 is 5.32 Å². The molecule has 0 saturated heterocycles. The first-order valence-electron chi connectivity index (χ1n) is 7.49. The Morgan fingerprint density at radius 1 is 1.11 bits per heavy atom. The molecule has 1 heterocycles. The number of rotatable bonds is 5. The van der Waals surface area contributed by atoms with Gasteiger partial charge >= 0.3 is 0 Å². The van der Waals surface area contributed by atoms with E-state index in [9.17, 15) is 0 Å². The van der Waals surface area contributed by atoms with Crippen LogP contribution in [0.1, 0.15) is 57.4 Å². The summed E-state index contributed by atoms with van der Waals surface area (Å²) in [4.78, 5) is 4.17. The second kappa shape index (κ2) is 6.89. The zero-order valence-corrected chi connectivity index (χ0v) is 11.6. The van der Waals surface area contributed by atoms with Crippen LogP contribution in [0.2, 0.25) is 0 Å². The van der Waals surface area contributed by atoms with E-state index in [0.717, 1.165) is 13.1 Å². The molecule has 1 fully saturated rings. The molecule has 2 nitrogen and oxygen atoms in total. The Balaban J connectivity index is 2.15. The van der Waals surface area contributed by atoms with Gasteiger partial charge in [-0.2, -0.15) is 0 Å². The Hall–Kier alpha value is -0.890. The number of hydrogen-bond donors (Lipinski definition) is 1. The minimum absolute atomic E-state index is 0.356. The molecule has 1 N–H and O–H groups in total. The predicted octanol–water partition coefficient (Wildman–Crippen LogP) is 3.67. The van der Waals surface area contributed by atoms with Gasteiger partial charge in [-0.25, -0.2) is 0 Å². The number of aromatic nitrogens is 1. The van der Waals surface area contributed by atoms with Gasteiger partial charge in [0, 0.05) is 24.4 Å². The smallest absolute Gasteiger partial charge is 0.0270 e. The molecule has 0 unspecified atom stereocenters. The molecular formula is C16H26N2. The maximum atomic E-state index is 4.17. The van der Waals surface area contributed by atoms with Crippen molar-refractivity contribution in [1.82, 2.24) is 10.3 Å². The molecule has 1 aliphatic carbocycles. The molecule has 1 aromatic rings. The highest BCUT2D eigenvalue weighted by atomic mass is 14.9. The van der Waals surface area contributed by atoms with Crippen LogP contribution in [0.25, 0.3) is 0 Å². The average molecular weight is 246 g/mol. The molecule has 1 aromatic heterocycles. The molecule has 0 amide bonds. The molecule has 0 radical (unpaired) electrons. The van der Waals surface area contributed by atoms with Crippen molar-refractivity contribution in [1.29, 1.82) is 0 Å². The lowest BCUT2D eigenvalue weighted by atomic mass is 9.74. The normalized spacial score (nSPS) is 19.4. The summed E-state index contributed by atoms with van der Waals surface area (Å²) in [6.45, 7) is 4.50. The van der Waals surface area contributed by atoms with Crippen molar-refractivity contribution in [2.24, 2.45) is 0 Å². The summed E-state index contributed by atoms with van der Waals surface area (Å²) in [5.74, 6) is 0. The molecular weight excluding hydrogens is 220 g/mol. The van der Waals surface area contributed by atoms with E-state index in [-0.39, 0.29) is 0 Å². The third kappa shape index (κ3) is 3.32. The number of hydrogen-bond acceptors (Lipinski definition) is 2. The van der Waals surface area contributed by atoms with E-state index in [4.69, 9.17) is 0 Å². The standard InChI is InChI=1S/C16H26N2/c1-2-11-18-14-16(9-5-3-4-6-10-16)15-7-12-17-13-8-15/h7-8,12-13,18H,2-6,9-11,14H2,1H3. The fourth-order valence-electron chi connectivity index (χ4n) is 3.18. The van der Waals surface area contributed by atoms with Gasteiger partial charge in [0.2, 0.25) is 0 Å². The second-order valence-electron chi connectivity index (χ2n) is 5.61. The fraction of sp³-hybridized carbons (Fsp3) is 0.688. The lowest BCUT2D eigenvalue weighted by Gasteiger charge is -2.34. The lowest BCUT2D eigenvalue weighted by Crippen LogP contribution is -2.38. The predicted molar refractivity (Wildman–Crippen MR) is 76.8 cm³/mol. The molecule has 0 aromatic carbocycles. The Bertz CT molecular complexity index is 326. The van der Waals surface area contributed by atoms with Crippen LogP contribution in [-0.4, -0.2) is 18.1 Å². The van der Waals surface area contributed by atoms with Crippen molar-refractivity contribution in [2.45, 2.75) is 57.3 Å². The van der Waals surface area contributed by atoms with Crippen LogP contribution in [-0.2, 0) is 5.41 Å². The van der Waals surface area contributed by atoms with E-state index < -0.39 is 0 Å². The van der Waals surface area contributed by atoms with E-state index in [0.29, 0.717) is 5.41 Å². The van der Waals surface area contributed by atoms with Crippen molar-refractivity contribution in [3.05, 3.63) is 30.1 Å². The number of pyridine rings is 1. The van der Waals surface area contributed by atoms with Crippen LogP contribution in [0, 0.1) is 0 Å². The summed E-state index contributed by atoms with van der Waals surface area (Å²) >= 11 is 0. The first-order valence-corrected chi connectivity index (χ1v) is 7.49. The van der Waals surface area contributed by atoms with Crippen LogP contribution in [0.5, 0.6) is 0 Å². The Labute approximate surface area is 111 Å². The quantitative estimate of drug-likeness (QED) is 0.633. The third-order valence-electron chi connectivity index (χ3n) is 4.24. The van der Waals surface area contributed by atoms with Gasteiger partial charge in [-0.1, -0.05) is 32.6 Å². The maximum absolute atomic E-state index is 4.17. The van der Waals surface area contributed by atoms with Crippen LogP contribution in [0.15, 0.2) is 24.5 Å². The van der Waals surface area contributed by atoms with Gasteiger partial charge in [0.25, 0.3) is 0 Å². The van der Waals surface area contributed by atoms with Gasteiger partial charge in [0.05, 0.1) is 0 Å². The molecule has 2 heteroatoms. The number of nitrogens with one attached hydrogen (secondary N) is 1. The minimum atomic E-state index is 0.356. The Kier molecular flexibility index (Phi) is 5.18. The van der Waals surface area contributed by atoms with Crippen molar-refractivity contribution in [3.8, 4) is 0 Å². The summed E-state index contributed by atoms with van der Waals surface area (Å²) in [6, 6.07) is 4.44. The van der Waals surface area contributed by atoms with Gasteiger partial charge in [-0.3, -0.25) is 4.98 Å². The van der Waals surface area contributed by atoms with E-state index >= 15 is 0 Å². The van der Waals surface area contributed by atoms with Crippen LogP contribution < -0.4 is 5.32 Å². The zero-order valence-electron chi connectivity index (χ0n) is 11.6. The molecule has 1 saturated carbocycles. The van der Waals surface area contributed by atoms with Crippen LogP contribution >= 0.6 is 0 Å². The first kappa shape index (κ1) is 13.5. The van der Waals surface area contributed by atoms with Crippen molar-refractivity contribution in [2.75, 3.05) is 13.1 Å². The minimum Gasteiger partial charge on any atom is -0.316 e. The molecule has 0 spiro atoms. The average Bonchev–Trinajstić information content (AvgIpc) is 2.67. The molecule has 18 heavy (non-hydrogen) atoms. The van der Waals surface area contributed by atoms with E-state index in [1.807, 2.05) is 12.4 Å². The third-order valence-corrected chi connectivity index (χ3v) is 4.24. The topological polar surface area (TPSA) is 24.9 Å².